The summed E-state index contributed by atoms with van der Waals surface area (Å²) in [6, 6.07) is -0.482. The second kappa shape index (κ2) is 7.59. The maximum Gasteiger partial charge on any atom is 0.325 e. The van der Waals surface area contributed by atoms with Gasteiger partial charge in [0.05, 0.1) is 18.1 Å². The maximum absolute atomic E-state index is 11.5. The Morgan fingerprint density at radius 1 is 1.38 bits per heavy atom. The Balaban J connectivity index is 2.24. The molecule has 0 aliphatic heterocycles. The van der Waals surface area contributed by atoms with Gasteiger partial charge in [0.1, 0.15) is 6.54 Å². The number of anilines is 1. The zero-order chi connectivity index (χ0) is 15.9. The van der Waals surface area contributed by atoms with Gasteiger partial charge in [-0.15, -0.1) is 0 Å². The highest BCUT2D eigenvalue weighted by atomic mass is 32.2. The molecular formula is C10H17N5O5S. The van der Waals surface area contributed by atoms with Crippen LogP contribution in [0.15, 0.2) is 12.4 Å². The number of rotatable bonds is 8. The average molecular weight is 319 g/mol. The number of carbonyl (C=O) groups excluding carboxylic acids is 1. The molecule has 10 nitrogen and oxygen atoms in total. The number of carboxylic acids is 1. The van der Waals surface area contributed by atoms with E-state index in [0.29, 0.717) is 12.1 Å². The molecule has 4 N–H and O–H groups in total. The predicted molar refractivity (Wildman–Crippen MR) is 74.3 cm³/mol. The summed E-state index contributed by atoms with van der Waals surface area (Å²) in [7, 11) is -3.22. The molecule has 11 heteroatoms. The normalized spacial score (nSPS) is 11.1. The topological polar surface area (TPSA) is 142 Å². The largest absolute Gasteiger partial charge is 0.480 e. The van der Waals surface area contributed by atoms with Gasteiger partial charge in [0.2, 0.25) is 10.0 Å². The summed E-state index contributed by atoms with van der Waals surface area (Å²) < 4.78 is 25.0. The van der Waals surface area contributed by atoms with E-state index in [-0.39, 0.29) is 19.6 Å². The first-order valence-corrected chi connectivity index (χ1v) is 7.89. The van der Waals surface area contributed by atoms with Gasteiger partial charge in [0.25, 0.3) is 0 Å². The summed E-state index contributed by atoms with van der Waals surface area (Å²) in [5.74, 6) is -1.03. The third kappa shape index (κ3) is 7.89. The van der Waals surface area contributed by atoms with E-state index in [2.05, 4.69) is 20.5 Å². The minimum absolute atomic E-state index is 0.232. The van der Waals surface area contributed by atoms with Crippen molar-refractivity contribution in [2.75, 3.05) is 24.7 Å². The second-order valence-electron chi connectivity index (χ2n) is 4.22. The van der Waals surface area contributed by atoms with Gasteiger partial charge in [-0.05, 0) is 6.42 Å². The Kier molecular flexibility index (Phi) is 6.11. The molecule has 0 aliphatic rings. The number of urea groups is 1. The van der Waals surface area contributed by atoms with E-state index < -0.39 is 22.0 Å². The van der Waals surface area contributed by atoms with Crippen molar-refractivity contribution in [1.82, 2.24) is 19.8 Å². The van der Waals surface area contributed by atoms with Crippen LogP contribution in [0.1, 0.15) is 6.42 Å². The molecule has 0 saturated carbocycles. The van der Waals surface area contributed by atoms with Crippen LogP contribution in [-0.4, -0.2) is 54.7 Å². The number of hydrogen-bond donors (Lipinski definition) is 4. The van der Waals surface area contributed by atoms with Crippen molar-refractivity contribution in [3.05, 3.63) is 12.4 Å². The van der Waals surface area contributed by atoms with Gasteiger partial charge in [0.15, 0.2) is 0 Å². The molecule has 1 heterocycles. The summed E-state index contributed by atoms with van der Waals surface area (Å²) in [5, 5.41) is 17.3. The molecule has 0 fully saturated rings. The summed E-state index contributed by atoms with van der Waals surface area (Å²) in [4.78, 5) is 22.0. The lowest BCUT2D eigenvalue weighted by Gasteiger charge is -2.06. The van der Waals surface area contributed by atoms with Gasteiger partial charge in [-0.3, -0.25) is 9.48 Å². The summed E-state index contributed by atoms with van der Waals surface area (Å²) in [5.41, 5.74) is 0.364. The van der Waals surface area contributed by atoms with Crippen molar-refractivity contribution in [2.24, 2.45) is 0 Å². The fourth-order valence-corrected chi connectivity index (χ4v) is 1.89. The van der Waals surface area contributed by atoms with Crippen LogP contribution in [0.2, 0.25) is 0 Å². The van der Waals surface area contributed by atoms with E-state index in [1.807, 2.05) is 0 Å². The number of aliphatic carboxylic acids is 1. The Bertz CT molecular complexity index is 597. The molecule has 2 amide bonds. The van der Waals surface area contributed by atoms with Gasteiger partial charge in [-0.2, -0.15) is 5.10 Å². The zero-order valence-corrected chi connectivity index (χ0v) is 12.2. The van der Waals surface area contributed by atoms with E-state index in [1.165, 1.54) is 17.1 Å². The van der Waals surface area contributed by atoms with Gasteiger partial charge < -0.3 is 15.7 Å². The number of carbonyl (C=O) groups is 2. The Morgan fingerprint density at radius 3 is 2.71 bits per heavy atom. The van der Waals surface area contributed by atoms with Crippen LogP contribution in [-0.2, 0) is 21.4 Å². The lowest BCUT2D eigenvalue weighted by Crippen LogP contribution is -2.32. The number of carboxylic acid groups (broad SMARTS) is 1. The molecule has 118 valence electrons. The minimum atomic E-state index is -3.22. The lowest BCUT2D eigenvalue weighted by molar-refractivity contribution is -0.137. The summed E-state index contributed by atoms with van der Waals surface area (Å²) in [6.07, 6.45) is 4.22. The van der Waals surface area contributed by atoms with Crippen molar-refractivity contribution >= 4 is 27.7 Å². The molecule has 0 unspecified atom stereocenters. The maximum atomic E-state index is 11.5. The molecule has 0 spiro atoms. The highest BCUT2D eigenvalue weighted by Crippen LogP contribution is 2.04. The molecule has 1 aromatic heterocycles. The highest BCUT2D eigenvalue weighted by Gasteiger charge is 2.06. The van der Waals surface area contributed by atoms with Crippen LogP contribution >= 0.6 is 0 Å². The zero-order valence-electron chi connectivity index (χ0n) is 11.4. The number of aromatic nitrogens is 2. The van der Waals surface area contributed by atoms with Crippen LogP contribution in [0.25, 0.3) is 0 Å². The van der Waals surface area contributed by atoms with E-state index in [9.17, 15) is 18.0 Å². The minimum Gasteiger partial charge on any atom is -0.480 e. The lowest BCUT2D eigenvalue weighted by atomic mass is 10.4. The van der Waals surface area contributed by atoms with Crippen LogP contribution < -0.4 is 15.4 Å². The molecule has 0 radical (unpaired) electrons. The Labute approximate surface area is 121 Å². The van der Waals surface area contributed by atoms with Crippen LogP contribution in [0.4, 0.5) is 10.5 Å². The van der Waals surface area contributed by atoms with Gasteiger partial charge in [-0.1, -0.05) is 0 Å². The van der Waals surface area contributed by atoms with Crippen LogP contribution in [0.5, 0.6) is 0 Å². The third-order valence-electron chi connectivity index (χ3n) is 2.19. The molecule has 0 aliphatic carbocycles. The molecule has 1 aromatic rings. The van der Waals surface area contributed by atoms with Crippen molar-refractivity contribution in [2.45, 2.75) is 13.0 Å². The monoisotopic (exact) mass is 319 g/mol. The van der Waals surface area contributed by atoms with Crippen molar-refractivity contribution in [1.29, 1.82) is 0 Å². The van der Waals surface area contributed by atoms with E-state index in [0.717, 1.165) is 6.26 Å². The van der Waals surface area contributed by atoms with Gasteiger partial charge in [-0.25, -0.2) is 17.9 Å². The molecular weight excluding hydrogens is 302 g/mol. The van der Waals surface area contributed by atoms with Crippen LogP contribution in [0, 0.1) is 0 Å². The quantitative estimate of drug-likeness (QED) is 0.454. The summed E-state index contributed by atoms with van der Waals surface area (Å²) >= 11 is 0. The fourth-order valence-electron chi connectivity index (χ4n) is 1.38. The SMILES string of the molecule is CS(=O)(=O)NCCCNC(=O)Nc1cnn(CC(=O)O)c1. The standard InChI is InChI=1S/C10H17N5O5S/c1-21(19,20)13-4-2-3-11-10(18)14-8-5-12-15(6-8)7-9(16)17/h5-6,13H,2-4,7H2,1H3,(H,16,17)(H2,11,14,18). The van der Waals surface area contributed by atoms with Crippen molar-refractivity contribution in [3.63, 3.8) is 0 Å². The second-order valence-corrected chi connectivity index (χ2v) is 6.05. The van der Waals surface area contributed by atoms with Gasteiger partial charge >= 0.3 is 12.0 Å². The molecule has 1 rings (SSSR count). The molecule has 0 atom stereocenters. The first-order valence-electron chi connectivity index (χ1n) is 6.00. The van der Waals surface area contributed by atoms with Crippen molar-refractivity contribution < 1.29 is 23.1 Å². The van der Waals surface area contributed by atoms with E-state index in [1.54, 1.807) is 0 Å². The van der Waals surface area contributed by atoms with E-state index in [4.69, 9.17) is 5.11 Å². The smallest absolute Gasteiger partial charge is 0.325 e. The van der Waals surface area contributed by atoms with Gasteiger partial charge in [0, 0.05) is 19.3 Å². The molecule has 0 bridgehead atoms. The summed E-state index contributed by atoms with van der Waals surface area (Å²) in [6.45, 7) is 0.230. The third-order valence-corrected chi connectivity index (χ3v) is 2.92. The Morgan fingerprint density at radius 2 is 2.10 bits per heavy atom. The number of amides is 2. The number of sulfonamides is 1. The van der Waals surface area contributed by atoms with Crippen LogP contribution in [0.3, 0.4) is 0 Å². The predicted octanol–water partition coefficient (Wildman–Crippen LogP) is -0.971. The molecule has 21 heavy (non-hydrogen) atoms. The first-order chi connectivity index (χ1) is 9.76. The number of nitrogens with one attached hydrogen (secondary N) is 3. The first kappa shape index (κ1) is 16.9. The fraction of sp³-hybridized carbons (Fsp3) is 0.500. The number of hydrogen-bond acceptors (Lipinski definition) is 5. The number of nitrogens with zero attached hydrogens (tertiary/aromatic N) is 2. The Hall–Kier alpha value is -2.14. The molecule has 0 saturated heterocycles. The van der Waals surface area contributed by atoms with E-state index >= 15 is 0 Å². The molecule has 0 aromatic carbocycles. The van der Waals surface area contributed by atoms with Crippen molar-refractivity contribution in [3.8, 4) is 0 Å². The average Bonchev–Trinajstić information content (AvgIpc) is 2.73. The highest BCUT2D eigenvalue weighted by molar-refractivity contribution is 7.88.